The highest BCUT2D eigenvalue weighted by Gasteiger charge is 2.62. The lowest BCUT2D eigenvalue weighted by molar-refractivity contribution is -0.150. The van der Waals surface area contributed by atoms with Crippen molar-refractivity contribution >= 4 is 12.0 Å². The van der Waals surface area contributed by atoms with Gasteiger partial charge < -0.3 is 4.74 Å². The van der Waals surface area contributed by atoms with Crippen LogP contribution in [0.15, 0.2) is 36.4 Å². The molecule has 3 rings (SSSR count). The zero-order valence-electron chi connectivity index (χ0n) is 13.1. The Bertz CT molecular complexity index is 558. The molecule has 0 unspecified atom stereocenters. The first-order valence-corrected chi connectivity index (χ1v) is 7.87. The first-order chi connectivity index (χ1) is 9.93. The lowest BCUT2D eigenvalue weighted by Crippen LogP contribution is -2.38. The van der Waals surface area contributed by atoms with Gasteiger partial charge in [-0.1, -0.05) is 51.1 Å². The standard InChI is InChI=1S/C19H24O2/c1-18(2)15-11-12-19(18,3)16(13-15)21-17(20)10-9-14-7-5-4-6-8-14/h4-10,15-16H,11-13H2,1-3H3/b10-9-/t15-,16-,19-/m0/s1. The van der Waals surface area contributed by atoms with Crippen molar-refractivity contribution in [3.05, 3.63) is 42.0 Å². The molecule has 0 N–H and O–H groups in total. The molecule has 2 nitrogen and oxygen atoms in total. The highest BCUT2D eigenvalue weighted by Crippen LogP contribution is 2.66. The number of benzene rings is 1. The van der Waals surface area contributed by atoms with E-state index in [0.29, 0.717) is 5.92 Å². The van der Waals surface area contributed by atoms with Crippen LogP contribution < -0.4 is 0 Å². The van der Waals surface area contributed by atoms with Gasteiger partial charge in [0.25, 0.3) is 0 Å². The molecular weight excluding hydrogens is 260 g/mol. The van der Waals surface area contributed by atoms with Crippen LogP contribution in [-0.2, 0) is 9.53 Å². The van der Waals surface area contributed by atoms with Crippen molar-refractivity contribution in [2.45, 2.75) is 46.1 Å². The van der Waals surface area contributed by atoms with Gasteiger partial charge in [0.2, 0.25) is 0 Å². The molecule has 2 aliphatic carbocycles. The number of hydrogen-bond acceptors (Lipinski definition) is 2. The summed E-state index contributed by atoms with van der Waals surface area (Å²) in [5.41, 5.74) is 1.43. The largest absolute Gasteiger partial charge is 0.459 e. The smallest absolute Gasteiger partial charge is 0.331 e. The van der Waals surface area contributed by atoms with Gasteiger partial charge in [-0.25, -0.2) is 4.79 Å². The summed E-state index contributed by atoms with van der Waals surface area (Å²) >= 11 is 0. The third kappa shape index (κ3) is 2.31. The normalized spacial score (nSPS) is 33.5. The van der Waals surface area contributed by atoms with Crippen molar-refractivity contribution in [1.29, 1.82) is 0 Å². The van der Waals surface area contributed by atoms with Crippen LogP contribution in [0, 0.1) is 16.7 Å². The summed E-state index contributed by atoms with van der Waals surface area (Å²) in [7, 11) is 0. The van der Waals surface area contributed by atoms with Gasteiger partial charge in [-0.15, -0.1) is 0 Å². The van der Waals surface area contributed by atoms with Gasteiger partial charge in [0.1, 0.15) is 6.10 Å². The molecule has 2 bridgehead atoms. The summed E-state index contributed by atoms with van der Waals surface area (Å²) in [6.45, 7) is 6.95. The number of carbonyl (C=O) groups excluding carboxylic acids is 1. The number of esters is 1. The fraction of sp³-hybridized carbons (Fsp3) is 0.526. The summed E-state index contributed by atoms with van der Waals surface area (Å²) in [6.07, 6.45) is 6.91. The Hall–Kier alpha value is -1.57. The van der Waals surface area contributed by atoms with Crippen molar-refractivity contribution in [3.8, 4) is 0 Å². The maximum absolute atomic E-state index is 12.1. The van der Waals surface area contributed by atoms with Gasteiger partial charge in [0.15, 0.2) is 0 Å². The van der Waals surface area contributed by atoms with Crippen LogP contribution in [0.3, 0.4) is 0 Å². The second kappa shape index (κ2) is 5.01. The van der Waals surface area contributed by atoms with E-state index in [1.807, 2.05) is 36.4 Å². The molecule has 112 valence electrons. The first-order valence-electron chi connectivity index (χ1n) is 7.87. The molecule has 2 aliphatic rings. The third-order valence-corrected chi connectivity index (χ3v) is 6.18. The quantitative estimate of drug-likeness (QED) is 0.605. The fourth-order valence-corrected chi connectivity index (χ4v) is 4.22. The molecule has 2 heteroatoms. The lowest BCUT2D eigenvalue weighted by atomic mass is 9.70. The predicted octanol–water partition coefficient (Wildman–Crippen LogP) is 4.46. The van der Waals surface area contributed by atoms with E-state index in [0.717, 1.165) is 12.0 Å². The van der Waals surface area contributed by atoms with E-state index in [4.69, 9.17) is 4.74 Å². The number of carbonyl (C=O) groups is 1. The Balaban J connectivity index is 1.66. The van der Waals surface area contributed by atoms with Crippen LogP contribution >= 0.6 is 0 Å². The van der Waals surface area contributed by atoms with Gasteiger partial charge in [-0.3, -0.25) is 0 Å². The summed E-state index contributed by atoms with van der Waals surface area (Å²) < 4.78 is 5.78. The fourth-order valence-electron chi connectivity index (χ4n) is 4.22. The van der Waals surface area contributed by atoms with E-state index in [2.05, 4.69) is 20.8 Å². The van der Waals surface area contributed by atoms with Crippen molar-refractivity contribution in [2.24, 2.45) is 16.7 Å². The van der Waals surface area contributed by atoms with E-state index in [1.54, 1.807) is 6.08 Å². The van der Waals surface area contributed by atoms with E-state index >= 15 is 0 Å². The Morgan fingerprint density at radius 1 is 1.24 bits per heavy atom. The average molecular weight is 284 g/mol. The monoisotopic (exact) mass is 284 g/mol. The van der Waals surface area contributed by atoms with Gasteiger partial charge in [0.05, 0.1) is 0 Å². The molecule has 1 aromatic rings. The van der Waals surface area contributed by atoms with Crippen LogP contribution in [-0.4, -0.2) is 12.1 Å². The molecule has 0 amide bonds. The zero-order valence-corrected chi connectivity index (χ0v) is 13.1. The highest BCUT2D eigenvalue weighted by molar-refractivity contribution is 5.87. The average Bonchev–Trinajstić information content (AvgIpc) is 2.79. The minimum absolute atomic E-state index is 0.0687. The molecule has 0 radical (unpaired) electrons. The predicted molar refractivity (Wildman–Crippen MR) is 84.6 cm³/mol. The van der Waals surface area contributed by atoms with Gasteiger partial charge in [-0.2, -0.15) is 0 Å². The second-order valence-electron chi connectivity index (χ2n) is 7.28. The summed E-state index contributed by atoms with van der Waals surface area (Å²) in [5, 5.41) is 0. The van der Waals surface area contributed by atoms with E-state index < -0.39 is 0 Å². The van der Waals surface area contributed by atoms with Crippen LogP contribution in [0.4, 0.5) is 0 Å². The molecule has 0 saturated heterocycles. The van der Waals surface area contributed by atoms with Crippen molar-refractivity contribution in [1.82, 2.24) is 0 Å². The number of rotatable bonds is 3. The SMILES string of the molecule is CC1(C)[C@H]2CC[C@@]1(C)[C@@H](OC(=O)/C=C\c1ccccc1)C2. The molecule has 0 spiro atoms. The van der Waals surface area contributed by atoms with Gasteiger partial charge >= 0.3 is 5.97 Å². The highest BCUT2D eigenvalue weighted by atomic mass is 16.5. The summed E-state index contributed by atoms with van der Waals surface area (Å²) in [5.74, 6) is 0.479. The van der Waals surface area contributed by atoms with Crippen molar-refractivity contribution < 1.29 is 9.53 Å². The molecule has 21 heavy (non-hydrogen) atoms. The maximum Gasteiger partial charge on any atom is 0.331 e. The van der Waals surface area contributed by atoms with E-state index in [9.17, 15) is 4.79 Å². The molecule has 2 fully saturated rings. The molecule has 3 atom stereocenters. The van der Waals surface area contributed by atoms with E-state index in [-0.39, 0.29) is 22.9 Å². The molecule has 1 aromatic carbocycles. The first kappa shape index (κ1) is 14.4. The molecule has 0 heterocycles. The van der Waals surface area contributed by atoms with Crippen LogP contribution in [0.5, 0.6) is 0 Å². The summed E-state index contributed by atoms with van der Waals surface area (Å²) in [4.78, 5) is 12.1. The van der Waals surface area contributed by atoms with Crippen LogP contribution in [0.2, 0.25) is 0 Å². The molecular formula is C19H24O2. The topological polar surface area (TPSA) is 26.3 Å². The van der Waals surface area contributed by atoms with Gasteiger partial charge in [-0.05, 0) is 42.2 Å². The minimum atomic E-state index is -0.214. The Morgan fingerprint density at radius 3 is 2.52 bits per heavy atom. The molecule has 2 saturated carbocycles. The van der Waals surface area contributed by atoms with Crippen LogP contribution in [0.25, 0.3) is 6.08 Å². The minimum Gasteiger partial charge on any atom is -0.459 e. The molecule has 0 aromatic heterocycles. The van der Waals surface area contributed by atoms with Crippen LogP contribution in [0.1, 0.15) is 45.6 Å². The zero-order chi connectivity index (χ0) is 15.1. The third-order valence-electron chi connectivity index (χ3n) is 6.18. The van der Waals surface area contributed by atoms with E-state index in [1.165, 1.54) is 12.8 Å². The Morgan fingerprint density at radius 2 is 1.95 bits per heavy atom. The van der Waals surface area contributed by atoms with Crippen molar-refractivity contribution in [2.75, 3.05) is 0 Å². The number of ether oxygens (including phenoxy) is 1. The van der Waals surface area contributed by atoms with Gasteiger partial charge in [0, 0.05) is 11.5 Å². The second-order valence-corrected chi connectivity index (χ2v) is 7.28. The summed E-state index contributed by atoms with van der Waals surface area (Å²) in [6, 6.07) is 9.85. The molecule has 0 aliphatic heterocycles. The maximum atomic E-state index is 12.1. The number of fused-ring (bicyclic) bond motifs is 2. The number of hydrogen-bond donors (Lipinski definition) is 0. The van der Waals surface area contributed by atoms with Crippen molar-refractivity contribution in [3.63, 3.8) is 0 Å². The lowest BCUT2D eigenvalue weighted by Gasteiger charge is -2.38. The Kier molecular flexibility index (Phi) is 3.43. The Labute approximate surface area is 127 Å².